The first kappa shape index (κ1) is 14.0. The number of H-pyrrole nitrogens is 2. The fourth-order valence-corrected chi connectivity index (χ4v) is 2.93. The predicted molar refractivity (Wildman–Crippen MR) is 88.0 cm³/mol. The first-order chi connectivity index (χ1) is 11.1. The van der Waals surface area contributed by atoms with Gasteiger partial charge in [-0.25, -0.2) is 4.39 Å². The fraction of sp³-hybridized carbons (Fsp3) is 0.0588. The van der Waals surface area contributed by atoms with Gasteiger partial charge >= 0.3 is 0 Å². The molecule has 0 bridgehead atoms. The molecule has 4 nitrogen and oxygen atoms in total. The van der Waals surface area contributed by atoms with Gasteiger partial charge in [0.25, 0.3) is 0 Å². The Balaban J connectivity index is 1.76. The molecule has 0 spiro atoms. The Morgan fingerprint density at radius 1 is 1.22 bits per heavy atom. The van der Waals surface area contributed by atoms with Crippen LogP contribution in [-0.2, 0) is 6.42 Å². The number of rotatable bonds is 3. The summed E-state index contributed by atoms with van der Waals surface area (Å²) in [6.07, 6.45) is 6.09. The number of benzene rings is 1. The van der Waals surface area contributed by atoms with Gasteiger partial charge in [-0.1, -0.05) is 29.8 Å². The van der Waals surface area contributed by atoms with Crippen LogP contribution >= 0.6 is 11.6 Å². The third-order valence-corrected chi connectivity index (χ3v) is 3.97. The van der Waals surface area contributed by atoms with Crippen LogP contribution in [0.5, 0.6) is 0 Å². The van der Waals surface area contributed by atoms with Gasteiger partial charge in [0.15, 0.2) is 11.1 Å². The number of halogens is 2. The molecule has 0 unspecified atom stereocenters. The Morgan fingerprint density at radius 2 is 2.04 bits per heavy atom. The van der Waals surface area contributed by atoms with E-state index in [9.17, 15) is 9.18 Å². The van der Waals surface area contributed by atoms with Crippen LogP contribution in [0, 0.1) is 5.82 Å². The lowest BCUT2D eigenvalue weighted by molar-refractivity contribution is 0.626. The second-order valence-electron chi connectivity index (χ2n) is 5.42. The summed E-state index contributed by atoms with van der Waals surface area (Å²) < 4.78 is 13.4. The smallest absolute Gasteiger partial charge is 0.193 e. The predicted octanol–water partition coefficient (Wildman–Crippen LogP) is 3.59. The van der Waals surface area contributed by atoms with Gasteiger partial charge < -0.3 is 4.98 Å². The van der Waals surface area contributed by atoms with Crippen molar-refractivity contribution in [3.63, 3.8) is 0 Å². The SMILES string of the molecule is O=c1cc(Cc2cc(F)cc(Cl)c2)[nH]c2n[nH]c(C3=CC=C3)c12. The minimum Gasteiger partial charge on any atom is -0.341 e. The normalized spacial score (nSPS) is 13.2. The molecular formula is C17H11ClFN3O. The molecule has 0 aliphatic heterocycles. The van der Waals surface area contributed by atoms with Gasteiger partial charge in [-0.05, 0) is 23.8 Å². The summed E-state index contributed by atoms with van der Waals surface area (Å²) >= 11 is 5.86. The molecule has 2 heterocycles. The number of nitrogens with one attached hydrogen (secondary N) is 2. The monoisotopic (exact) mass is 327 g/mol. The molecule has 2 N–H and O–H groups in total. The second-order valence-corrected chi connectivity index (χ2v) is 5.85. The maximum atomic E-state index is 13.4. The van der Waals surface area contributed by atoms with Crippen molar-refractivity contribution >= 4 is 28.2 Å². The average molecular weight is 328 g/mol. The Kier molecular flexibility index (Phi) is 3.16. The maximum absolute atomic E-state index is 13.4. The minimum absolute atomic E-state index is 0.124. The summed E-state index contributed by atoms with van der Waals surface area (Å²) in [5.41, 5.74) is 3.37. The number of allylic oxidation sites excluding steroid dienone is 4. The second kappa shape index (κ2) is 5.21. The number of fused-ring (bicyclic) bond motifs is 1. The minimum atomic E-state index is -0.401. The van der Waals surface area contributed by atoms with E-state index < -0.39 is 5.82 Å². The van der Waals surface area contributed by atoms with E-state index in [0.717, 1.165) is 5.57 Å². The topological polar surface area (TPSA) is 61.5 Å². The van der Waals surface area contributed by atoms with Gasteiger partial charge in [0.2, 0.25) is 0 Å². The van der Waals surface area contributed by atoms with Crippen molar-refractivity contribution in [3.8, 4) is 0 Å². The van der Waals surface area contributed by atoms with Crippen molar-refractivity contribution < 1.29 is 4.39 Å². The van der Waals surface area contributed by atoms with Crippen LogP contribution in [0.15, 0.2) is 47.3 Å². The molecule has 4 rings (SSSR count). The number of aromatic nitrogens is 3. The average Bonchev–Trinajstić information content (AvgIpc) is 2.79. The Morgan fingerprint density at radius 3 is 2.74 bits per heavy atom. The molecule has 1 aromatic carbocycles. The summed E-state index contributed by atoms with van der Waals surface area (Å²) in [5, 5.41) is 7.91. The summed E-state index contributed by atoms with van der Waals surface area (Å²) in [4.78, 5) is 15.5. The molecule has 0 amide bonds. The molecule has 23 heavy (non-hydrogen) atoms. The van der Waals surface area contributed by atoms with Gasteiger partial charge in [0.05, 0.1) is 11.1 Å². The van der Waals surface area contributed by atoms with Crippen LogP contribution in [0.4, 0.5) is 4.39 Å². The van der Waals surface area contributed by atoms with E-state index in [0.29, 0.717) is 39.4 Å². The van der Waals surface area contributed by atoms with Crippen LogP contribution < -0.4 is 5.43 Å². The van der Waals surface area contributed by atoms with Gasteiger partial charge in [-0.2, -0.15) is 5.10 Å². The van der Waals surface area contributed by atoms with Crippen LogP contribution in [0.1, 0.15) is 17.0 Å². The van der Waals surface area contributed by atoms with Crippen molar-refractivity contribution in [1.82, 2.24) is 15.2 Å². The zero-order chi connectivity index (χ0) is 16.0. The van der Waals surface area contributed by atoms with Crippen LogP contribution in [0.2, 0.25) is 5.02 Å². The first-order valence-electron chi connectivity index (χ1n) is 7.04. The largest absolute Gasteiger partial charge is 0.341 e. The van der Waals surface area contributed by atoms with Gasteiger partial charge in [0, 0.05) is 28.8 Å². The molecule has 114 valence electrons. The Labute approximate surface area is 135 Å². The quantitative estimate of drug-likeness (QED) is 0.772. The number of pyridine rings is 1. The zero-order valence-corrected chi connectivity index (χ0v) is 12.6. The van der Waals surface area contributed by atoms with Crippen LogP contribution in [0.25, 0.3) is 16.6 Å². The molecule has 0 saturated heterocycles. The molecule has 6 heteroatoms. The molecule has 3 aromatic rings. The Bertz CT molecular complexity index is 1030. The third-order valence-electron chi connectivity index (χ3n) is 3.75. The van der Waals surface area contributed by atoms with E-state index in [4.69, 9.17) is 11.6 Å². The van der Waals surface area contributed by atoms with E-state index in [1.165, 1.54) is 18.2 Å². The van der Waals surface area contributed by atoms with E-state index in [1.807, 2.05) is 18.2 Å². The lowest BCUT2D eigenvalue weighted by atomic mass is 10.0. The molecule has 0 fully saturated rings. The number of aromatic amines is 2. The highest BCUT2D eigenvalue weighted by Gasteiger charge is 2.15. The highest BCUT2D eigenvalue weighted by atomic mass is 35.5. The lowest BCUT2D eigenvalue weighted by Crippen LogP contribution is -2.06. The molecule has 0 saturated carbocycles. The summed E-state index contributed by atoms with van der Waals surface area (Å²) in [7, 11) is 0. The standard InChI is InChI=1S/C17H11ClFN3O/c18-11-4-9(5-12(19)7-11)6-13-8-14(23)15-16(10-2-1-3-10)21-22-17(15)20-13/h1-5,7-8H,6H2,(H2,20,21,22,23). The summed E-state index contributed by atoms with van der Waals surface area (Å²) in [6.45, 7) is 0. The molecule has 0 radical (unpaired) electrons. The summed E-state index contributed by atoms with van der Waals surface area (Å²) in [5.74, 6) is -0.401. The van der Waals surface area contributed by atoms with Gasteiger partial charge in [-0.15, -0.1) is 0 Å². The van der Waals surface area contributed by atoms with E-state index in [1.54, 1.807) is 6.07 Å². The molecule has 0 atom stereocenters. The number of nitrogens with zero attached hydrogens (tertiary/aromatic N) is 1. The van der Waals surface area contributed by atoms with E-state index in [2.05, 4.69) is 15.2 Å². The highest BCUT2D eigenvalue weighted by Crippen LogP contribution is 2.25. The zero-order valence-electron chi connectivity index (χ0n) is 11.9. The molecule has 1 aliphatic rings. The van der Waals surface area contributed by atoms with Gasteiger partial charge in [-0.3, -0.25) is 9.89 Å². The highest BCUT2D eigenvalue weighted by molar-refractivity contribution is 6.30. The molecular weight excluding hydrogens is 317 g/mol. The summed E-state index contributed by atoms with van der Waals surface area (Å²) in [6, 6.07) is 5.83. The van der Waals surface area contributed by atoms with Crippen molar-refractivity contribution in [1.29, 1.82) is 0 Å². The molecule has 1 aliphatic carbocycles. The first-order valence-corrected chi connectivity index (χ1v) is 7.42. The van der Waals surface area contributed by atoms with E-state index >= 15 is 0 Å². The van der Waals surface area contributed by atoms with Crippen molar-refractivity contribution in [2.24, 2.45) is 0 Å². The van der Waals surface area contributed by atoms with Crippen molar-refractivity contribution in [2.45, 2.75) is 6.42 Å². The lowest BCUT2D eigenvalue weighted by Gasteiger charge is -2.06. The Hall–Kier alpha value is -2.66. The maximum Gasteiger partial charge on any atom is 0.193 e. The van der Waals surface area contributed by atoms with Crippen molar-refractivity contribution in [2.75, 3.05) is 0 Å². The van der Waals surface area contributed by atoms with E-state index in [-0.39, 0.29) is 5.43 Å². The fourth-order valence-electron chi connectivity index (χ4n) is 2.69. The van der Waals surface area contributed by atoms with Crippen LogP contribution in [0.3, 0.4) is 0 Å². The van der Waals surface area contributed by atoms with Crippen LogP contribution in [-0.4, -0.2) is 15.2 Å². The number of hydrogen-bond donors (Lipinski definition) is 2. The third kappa shape index (κ3) is 2.49. The van der Waals surface area contributed by atoms with Crippen molar-refractivity contribution in [3.05, 3.63) is 80.5 Å². The van der Waals surface area contributed by atoms with Gasteiger partial charge in [0.1, 0.15) is 5.82 Å². The number of hydrogen-bond acceptors (Lipinski definition) is 2. The molecule has 2 aromatic heterocycles.